The van der Waals surface area contributed by atoms with Crippen LogP contribution in [0.5, 0.6) is 5.75 Å². The molecule has 6 heteroatoms. The molecule has 0 aliphatic carbocycles. The van der Waals surface area contributed by atoms with Gasteiger partial charge in [-0.05, 0) is 70.4 Å². The molecule has 0 atom stereocenters. The number of halogens is 1. The van der Waals surface area contributed by atoms with Crippen molar-refractivity contribution in [1.29, 1.82) is 0 Å². The number of aryl methyl sites for hydroxylation is 1. The summed E-state index contributed by atoms with van der Waals surface area (Å²) in [5.41, 5.74) is 2.92. The second-order valence-electron chi connectivity index (χ2n) is 6.29. The SMILES string of the molecule is CCCOc1ccc(/C=C2\SC(=O)N(Cc3ccc(C)cc3)C2=O)cc1Br. The number of nitrogens with zero attached hydrogens (tertiary/aromatic N) is 1. The van der Waals surface area contributed by atoms with E-state index in [-0.39, 0.29) is 17.7 Å². The number of ether oxygens (including phenoxy) is 1. The normalized spacial score (nSPS) is 15.7. The summed E-state index contributed by atoms with van der Waals surface area (Å²) in [6, 6.07) is 13.5. The number of carbonyl (C=O) groups excluding carboxylic acids is 2. The Kier molecular flexibility index (Phi) is 6.39. The number of carbonyl (C=O) groups is 2. The molecule has 4 nitrogen and oxygen atoms in total. The van der Waals surface area contributed by atoms with E-state index in [1.165, 1.54) is 4.90 Å². The molecular formula is C21H20BrNO3S. The van der Waals surface area contributed by atoms with Gasteiger partial charge in [0.25, 0.3) is 11.1 Å². The minimum Gasteiger partial charge on any atom is -0.492 e. The quantitative estimate of drug-likeness (QED) is 0.528. The van der Waals surface area contributed by atoms with Crippen LogP contribution in [0.1, 0.15) is 30.0 Å². The molecule has 0 N–H and O–H groups in total. The molecule has 1 aliphatic heterocycles. The van der Waals surface area contributed by atoms with Crippen molar-refractivity contribution in [3.63, 3.8) is 0 Å². The van der Waals surface area contributed by atoms with Crippen LogP contribution in [0.3, 0.4) is 0 Å². The topological polar surface area (TPSA) is 46.6 Å². The molecule has 0 spiro atoms. The fourth-order valence-corrected chi connectivity index (χ4v) is 3.95. The van der Waals surface area contributed by atoms with E-state index in [1.54, 1.807) is 6.08 Å². The maximum absolute atomic E-state index is 12.7. The Morgan fingerprint density at radius 2 is 1.89 bits per heavy atom. The first-order chi connectivity index (χ1) is 13.0. The molecular weight excluding hydrogens is 426 g/mol. The van der Waals surface area contributed by atoms with Crippen molar-refractivity contribution in [2.24, 2.45) is 0 Å². The molecule has 0 aromatic heterocycles. The second-order valence-corrected chi connectivity index (χ2v) is 8.14. The molecule has 0 unspecified atom stereocenters. The van der Waals surface area contributed by atoms with Crippen LogP contribution in [0.25, 0.3) is 6.08 Å². The maximum atomic E-state index is 12.7. The van der Waals surface area contributed by atoms with Crippen LogP contribution >= 0.6 is 27.7 Å². The first kappa shape index (κ1) is 19.7. The number of amides is 2. The van der Waals surface area contributed by atoms with Crippen LogP contribution in [-0.2, 0) is 11.3 Å². The van der Waals surface area contributed by atoms with Crippen molar-refractivity contribution in [2.75, 3.05) is 6.61 Å². The molecule has 1 aliphatic rings. The fraction of sp³-hybridized carbons (Fsp3) is 0.238. The van der Waals surface area contributed by atoms with Crippen LogP contribution in [0, 0.1) is 6.92 Å². The molecule has 0 bridgehead atoms. The number of hydrogen-bond acceptors (Lipinski definition) is 4. The lowest BCUT2D eigenvalue weighted by Gasteiger charge is -2.12. The summed E-state index contributed by atoms with van der Waals surface area (Å²) in [6.07, 6.45) is 2.68. The van der Waals surface area contributed by atoms with Gasteiger partial charge in [-0.2, -0.15) is 0 Å². The van der Waals surface area contributed by atoms with E-state index < -0.39 is 0 Å². The predicted octanol–water partition coefficient (Wildman–Crippen LogP) is 5.78. The molecule has 2 aromatic rings. The average molecular weight is 446 g/mol. The van der Waals surface area contributed by atoms with Crippen LogP contribution in [-0.4, -0.2) is 22.7 Å². The van der Waals surface area contributed by atoms with Crippen LogP contribution in [0.2, 0.25) is 0 Å². The third-order valence-electron chi connectivity index (χ3n) is 4.05. The molecule has 1 saturated heterocycles. The number of rotatable bonds is 6. The highest BCUT2D eigenvalue weighted by molar-refractivity contribution is 9.10. The van der Waals surface area contributed by atoms with E-state index >= 15 is 0 Å². The highest BCUT2D eigenvalue weighted by Gasteiger charge is 2.34. The Hall–Kier alpha value is -2.05. The van der Waals surface area contributed by atoms with Gasteiger partial charge in [-0.3, -0.25) is 14.5 Å². The maximum Gasteiger partial charge on any atom is 0.293 e. The molecule has 2 aromatic carbocycles. The van der Waals surface area contributed by atoms with E-state index in [1.807, 2.05) is 49.4 Å². The third-order valence-corrected chi connectivity index (χ3v) is 5.58. The first-order valence-corrected chi connectivity index (χ1v) is 10.3. The summed E-state index contributed by atoms with van der Waals surface area (Å²) in [4.78, 5) is 26.7. The zero-order chi connectivity index (χ0) is 19.4. The Morgan fingerprint density at radius 3 is 2.56 bits per heavy atom. The molecule has 1 heterocycles. The summed E-state index contributed by atoms with van der Waals surface area (Å²) in [5.74, 6) is 0.509. The van der Waals surface area contributed by atoms with Crippen LogP contribution < -0.4 is 4.74 Å². The van der Waals surface area contributed by atoms with Crippen molar-refractivity contribution >= 4 is 44.9 Å². The molecule has 0 saturated carbocycles. The largest absolute Gasteiger partial charge is 0.492 e. The molecule has 27 heavy (non-hydrogen) atoms. The van der Waals surface area contributed by atoms with E-state index in [4.69, 9.17) is 4.74 Å². The van der Waals surface area contributed by atoms with Gasteiger partial charge in [0.1, 0.15) is 5.75 Å². The summed E-state index contributed by atoms with van der Waals surface area (Å²) >= 11 is 4.47. The van der Waals surface area contributed by atoms with Gasteiger partial charge in [0.15, 0.2) is 0 Å². The lowest BCUT2D eigenvalue weighted by molar-refractivity contribution is -0.123. The summed E-state index contributed by atoms with van der Waals surface area (Å²) in [7, 11) is 0. The minimum absolute atomic E-state index is 0.242. The highest BCUT2D eigenvalue weighted by atomic mass is 79.9. The van der Waals surface area contributed by atoms with Crippen LogP contribution in [0.15, 0.2) is 51.8 Å². The summed E-state index contributed by atoms with van der Waals surface area (Å²) in [6.45, 7) is 4.99. The zero-order valence-corrected chi connectivity index (χ0v) is 17.6. The average Bonchev–Trinajstić information content (AvgIpc) is 2.90. The minimum atomic E-state index is -0.256. The first-order valence-electron chi connectivity index (χ1n) is 8.71. The predicted molar refractivity (Wildman–Crippen MR) is 113 cm³/mol. The molecule has 140 valence electrons. The van der Waals surface area contributed by atoms with E-state index in [0.717, 1.165) is 45.1 Å². The van der Waals surface area contributed by atoms with E-state index in [2.05, 4.69) is 22.9 Å². The summed E-state index contributed by atoms with van der Waals surface area (Å²) in [5, 5.41) is -0.242. The molecule has 2 amide bonds. The van der Waals surface area contributed by atoms with Crippen molar-refractivity contribution < 1.29 is 14.3 Å². The van der Waals surface area contributed by atoms with E-state index in [0.29, 0.717) is 11.5 Å². The zero-order valence-electron chi connectivity index (χ0n) is 15.2. The van der Waals surface area contributed by atoms with Crippen molar-refractivity contribution in [1.82, 2.24) is 4.90 Å². The van der Waals surface area contributed by atoms with Gasteiger partial charge >= 0.3 is 0 Å². The Bertz CT molecular complexity index is 893. The molecule has 3 rings (SSSR count). The number of benzene rings is 2. The lowest BCUT2D eigenvalue weighted by Crippen LogP contribution is -2.27. The smallest absolute Gasteiger partial charge is 0.293 e. The molecule has 1 fully saturated rings. The van der Waals surface area contributed by atoms with E-state index in [9.17, 15) is 9.59 Å². The van der Waals surface area contributed by atoms with Crippen molar-refractivity contribution in [2.45, 2.75) is 26.8 Å². The van der Waals surface area contributed by atoms with Gasteiger partial charge in [0.05, 0.1) is 22.5 Å². The van der Waals surface area contributed by atoms with Gasteiger partial charge in [-0.1, -0.05) is 42.8 Å². The van der Waals surface area contributed by atoms with Gasteiger partial charge in [-0.15, -0.1) is 0 Å². The third kappa shape index (κ3) is 4.82. The second kappa shape index (κ2) is 8.76. The number of thioether (sulfide) groups is 1. The van der Waals surface area contributed by atoms with Gasteiger partial charge in [-0.25, -0.2) is 0 Å². The Labute approximate surface area is 171 Å². The van der Waals surface area contributed by atoms with Crippen molar-refractivity contribution in [3.05, 3.63) is 68.5 Å². The number of imide groups is 1. The van der Waals surface area contributed by atoms with Gasteiger partial charge < -0.3 is 4.74 Å². The fourth-order valence-electron chi connectivity index (χ4n) is 2.60. The Balaban J connectivity index is 1.75. The van der Waals surface area contributed by atoms with Crippen LogP contribution in [0.4, 0.5) is 4.79 Å². The van der Waals surface area contributed by atoms with Gasteiger partial charge in [0, 0.05) is 0 Å². The number of hydrogen-bond donors (Lipinski definition) is 0. The monoisotopic (exact) mass is 445 g/mol. The van der Waals surface area contributed by atoms with Crippen molar-refractivity contribution in [3.8, 4) is 5.75 Å². The van der Waals surface area contributed by atoms with Gasteiger partial charge in [0.2, 0.25) is 0 Å². The summed E-state index contributed by atoms with van der Waals surface area (Å²) < 4.78 is 6.46. The Morgan fingerprint density at radius 1 is 1.15 bits per heavy atom. The lowest BCUT2D eigenvalue weighted by atomic mass is 10.1. The molecule has 0 radical (unpaired) electrons. The standard InChI is InChI=1S/C21H20BrNO3S/c1-3-10-26-18-9-8-16(11-17(18)22)12-19-20(24)23(21(25)27-19)13-15-6-4-14(2)5-7-15/h4-9,11-12H,3,10,13H2,1-2H3/b19-12-. The highest BCUT2D eigenvalue weighted by Crippen LogP contribution is 2.34.